The summed E-state index contributed by atoms with van der Waals surface area (Å²) in [6.45, 7) is 10.4. The highest BCUT2D eigenvalue weighted by atomic mass is 16.2. The summed E-state index contributed by atoms with van der Waals surface area (Å²) in [4.78, 5) is 25.2. The molecule has 2 aliphatic rings. The Hall–Kier alpha value is -2.86. The van der Waals surface area contributed by atoms with Gasteiger partial charge in [0, 0.05) is 45.5 Å². The summed E-state index contributed by atoms with van der Waals surface area (Å²) in [6.07, 6.45) is 2.07. The number of piperazine rings is 1. The molecule has 0 radical (unpaired) electrons. The van der Waals surface area contributed by atoms with E-state index in [1.807, 2.05) is 6.07 Å². The lowest BCUT2D eigenvalue weighted by Gasteiger charge is -2.40. The summed E-state index contributed by atoms with van der Waals surface area (Å²) < 4.78 is 2.19. The summed E-state index contributed by atoms with van der Waals surface area (Å²) in [5.41, 5.74) is 6.13. The van der Waals surface area contributed by atoms with E-state index in [1.165, 1.54) is 22.3 Å². The number of rotatable bonds is 4. The van der Waals surface area contributed by atoms with Gasteiger partial charge in [0.15, 0.2) is 0 Å². The second-order valence-corrected chi connectivity index (χ2v) is 9.75. The molecule has 0 spiro atoms. The van der Waals surface area contributed by atoms with Crippen LogP contribution in [0.5, 0.6) is 0 Å². The van der Waals surface area contributed by atoms with E-state index in [2.05, 4.69) is 76.6 Å². The molecule has 1 atom stereocenters. The van der Waals surface area contributed by atoms with Crippen molar-refractivity contribution in [3.8, 4) is 0 Å². The van der Waals surface area contributed by atoms with Gasteiger partial charge in [-0.1, -0.05) is 29.8 Å². The Labute approximate surface area is 196 Å². The topological polar surface area (TPSA) is 44.6 Å². The van der Waals surface area contributed by atoms with Crippen molar-refractivity contribution in [2.75, 3.05) is 44.2 Å². The van der Waals surface area contributed by atoms with Crippen LogP contribution in [-0.4, -0.2) is 64.5 Å². The first-order valence-electron chi connectivity index (χ1n) is 12.2. The van der Waals surface area contributed by atoms with E-state index < -0.39 is 0 Å². The smallest absolute Gasteiger partial charge is 0.227 e. The fourth-order valence-electron chi connectivity index (χ4n) is 5.52. The minimum Gasteiger partial charge on any atom is -0.368 e. The highest BCUT2D eigenvalue weighted by Gasteiger charge is 2.31. The third kappa shape index (κ3) is 4.49. The van der Waals surface area contributed by atoms with E-state index in [0.717, 1.165) is 70.0 Å². The fraction of sp³-hybridized carbons (Fsp3) is 0.481. The van der Waals surface area contributed by atoms with Gasteiger partial charge in [0.25, 0.3) is 0 Å². The van der Waals surface area contributed by atoms with E-state index in [1.54, 1.807) is 0 Å². The largest absolute Gasteiger partial charge is 0.368 e. The van der Waals surface area contributed by atoms with Gasteiger partial charge in [-0.3, -0.25) is 9.69 Å². The molecule has 174 valence electrons. The number of hydrogen-bond acceptors (Lipinski definition) is 4. The number of amides is 1. The Morgan fingerprint density at radius 3 is 2.58 bits per heavy atom. The van der Waals surface area contributed by atoms with Crippen LogP contribution in [0.25, 0.3) is 11.0 Å². The third-order valence-electron chi connectivity index (χ3n) is 7.38. The van der Waals surface area contributed by atoms with Crippen molar-refractivity contribution < 1.29 is 4.79 Å². The molecule has 5 rings (SSSR count). The van der Waals surface area contributed by atoms with E-state index in [-0.39, 0.29) is 5.92 Å². The molecule has 1 aromatic heterocycles. The number of para-hydroxylation sites is 2. The molecule has 3 heterocycles. The highest BCUT2D eigenvalue weighted by molar-refractivity contribution is 5.79. The maximum absolute atomic E-state index is 13.4. The van der Waals surface area contributed by atoms with E-state index >= 15 is 0 Å². The molecule has 2 saturated heterocycles. The summed E-state index contributed by atoms with van der Waals surface area (Å²) in [6, 6.07) is 14.9. The minimum absolute atomic E-state index is 0.0982. The fourth-order valence-corrected chi connectivity index (χ4v) is 5.52. The lowest BCUT2D eigenvalue weighted by atomic mass is 9.96. The van der Waals surface area contributed by atoms with Crippen LogP contribution >= 0.6 is 0 Å². The van der Waals surface area contributed by atoms with Crippen LogP contribution in [0.2, 0.25) is 0 Å². The molecule has 0 aliphatic carbocycles. The van der Waals surface area contributed by atoms with Gasteiger partial charge >= 0.3 is 0 Å². The summed E-state index contributed by atoms with van der Waals surface area (Å²) in [7, 11) is 2.09. The number of aryl methyl sites for hydroxylation is 3. The van der Waals surface area contributed by atoms with Crippen LogP contribution in [0.3, 0.4) is 0 Å². The van der Waals surface area contributed by atoms with Gasteiger partial charge < -0.3 is 14.4 Å². The summed E-state index contributed by atoms with van der Waals surface area (Å²) >= 11 is 0. The number of piperidine rings is 1. The quantitative estimate of drug-likeness (QED) is 0.614. The number of aromatic nitrogens is 2. The van der Waals surface area contributed by atoms with Gasteiger partial charge in [-0.2, -0.15) is 0 Å². The van der Waals surface area contributed by atoms with E-state index in [9.17, 15) is 4.79 Å². The van der Waals surface area contributed by atoms with Gasteiger partial charge in [-0.25, -0.2) is 4.98 Å². The number of benzene rings is 2. The number of carbonyl (C=O) groups is 1. The molecule has 2 aliphatic heterocycles. The average molecular weight is 446 g/mol. The average Bonchev–Trinajstić information content (AvgIpc) is 3.14. The first kappa shape index (κ1) is 22.0. The summed E-state index contributed by atoms with van der Waals surface area (Å²) in [5.74, 6) is 1.51. The normalized spacial score (nSPS) is 19.9. The Morgan fingerprint density at radius 2 is 1.82 bits per heavy atom. The lowest BCUT2D eigenvalue weighted by molar-refractivity contribution is -0.137. The van der Waals surface area contributed by atoms with Crippen molar-refractivity contribution in [1.29, 1.82) is 0 Å². The molecule has 0 unspecified atom stereocenters. The first-order valence-corrected chi connectivity index (χ1v) is 12.2. The molecular weight excluding hydrogens is 410 g/mol. The van der Waals surface area contributed by atoms with Gasteiger partial charge in [0.1, 0.15) is 5.82 Å². The van der Waals surface area contributed by atoms with Crippen LogP contribution in [-0.2, 0) is 18.4 Å². The number of imidazole rings is 1. The van der Waals surface area contributed by atoms with Crippen LogP contribution in [0, 0.1) is 19.8 Å². The molecule has 2 aromatic carbocycles. The van der Waals surface area contributed by atoms with Crippen molar-refractivity contribution in [3.05, 3.63) is 59.4 Å². The number of anilines is 1. The maximum atomic E-state index is 13.4. The van der Waals surface area contributed by atoms with Gasteiger partial charge in [0.05, 0.1) is 23.5 Å². The molecular formula is C27H35N5O. The molecule has 0 saturated carbocycles. The van der Waals surface area contributed by atoms with Gasteiger partial charge in [-0.05, 0) is 57.0 Å². The Kier molecular flexibility index (Phi) is 6.11. The second kappa shape index (κ2) is 9.18. The van der Waals surface area contributed by atoms with E-state index in [0.29, 0.717) is 5.91 Å². The summed E-state index contributed by atoms with van der Waals surface area (Å²) in [5, 5.41) is 0. The van der Waals surface area contributed by atoms with Gasteiger partial charge in [-0.15, -0.1) is 0 Å². The second-order valence-electron chi connectivity index (χ2n) is 9.75. The molecule has 6 heteroatoms. The molecule has 3 aromatic rings. The van der Waals surface area contributed by atoms with Gasteiger partial charge in [0.2, 0.25) is 5.91 Å². The van der Waals surface area contributed by atoms with Crippen LogP contribution in [0.1, 0.15) is 29.8 Å². The SMILES string of the molecule is Cc1ccc(N2CCN(C(=O)[C@@H]3CCCN(Cc4nc5ccccc5n4C)C3)CC2)c(C)c1. The predicted octanol–water partition coefficient (Wildman–Crippen LogP) is 3.75. The molecule has 2 fully saturated rings. The van der Waals surface area contributed by atoms with Crippen LogP contribution < -0.4 is 4.90 Å². The first-order chi connectivity index (χ1) is 16.0. The molecule has 0 bridgehead atoms. The Balaban J connectivity index is 1.19. The Morgan fingerprint density at radius 1 is 1.03 bits per heavy atom. The molecule has 0 N–H and O–H groups in total. The number of carbonyl (C=O) groups excluding carboxylic acids is 1. The monoisotopic (exact) mass is 445 g/mol. The zero-order valence-electron chi connectivity index (χ0n) is 20.1. The zero-order valence-corrected chi connectivity index (χ0v) is 20.1. The molecule has 6 nitrogen and oxygen atoms in total. The Bertz CT molecular complexity index is 1140. The lowest BCUT2D eigenvalue weighted by Crippen LogP contribution is -2.52. The van der Waals surface area contributed by atoms with Crippen LogP contribution in [0.4, 0.5) is 5.69 Å². The highest BCUT2D eigenvalue weighted by Crippen LogP contribution is 2.25. The van der Waals surface area contributed by atoms with Crippen molar-refractivity contribution in [1.82, 2.24) is 19.4 Å². The minimum atomic E-state index is 0.0982. The van der Waals surface area contributed by atoms with Crippen molar-refractivity contribution in [2.24, 2.45) is 13.0 Å². The van der Waals surface area contributed by atoms with E-state index in [4.69, 9.17) is 4.98 Å². The predicted molar refractivity (Wildman–Crippen MR) is 133 cm³/mol. The third-order valence-corrected chi connectivity index (χ3v) is 7.38. The number of fused-ring (bicyclic) bond motifs is 1. The zero-order chi connectivity index (χ0) is 22.9. The molecule has 1 amide bonds. The van der Waals surface area contributed by atoms with Crippen molar-refractivity contribution in [3.63, 3.8) is 0 Å². The number of nitrogens with zero attached hydrogens (tertiary/aromatic N) is 5. The standard InChI is InChI=1S/C27H35N5O/c1-20-10-11-24(21(2)17-20)31-13-15-32(16-14-31)27(33)22-7-6-12-30(18-22)19-26-28-23-8-4-5-9-25(23)29(26)3/h4-5,8-11,17,22H,6-7,12-16,18-19H2,1-3H3/t22-/m1/s1. The van der Waals surface area contributed by atoms with Crippen molar-refractivity contribution in [2.45, 2.75) is 33.2 Å². The molecule has 33 heavy (non-hydrogen) atoms. The number of hydrogen-bond donors (Lipinski definition) is 0. The number of likely N-dealkylation sites (tertiary alicyclic amines) is 1. The van der Waals surface area contributed by atoms with Crippen LogP contribution in [0.15, 0.2) is 42.5 Å². The van der Waals surface area contributed by atoms with Crippen molar-refractivity contribution >= 4 is 22.6 Å². The maximum Gasteiger partial charge on any atom is 0.227 e.